The molecular weight excluding hydrogens is 338 g/mol. The zero-order valence-corrected chi connectivity index (χ0v) is 15.5. The van der Waals surface area contributed by atoms with Crippen molar-refractivity contribution >= 4 is 29.9 Å². The molecule has 2 aliphatic rings. The molecular formula is C19H28ClN3O2. The molecule has 1 aromatic carbocycles. The number of nitrogens with one attached hydrogen (secondary N) is 3. The summed E-state index contributed by atoms with van der Waals surface area (Å²) in [6.45, 7) is 3.00. The largest absolute Gasteiger partial charge is 0.349 e. The van der Waals surface area contributed by atoms with Gasteiger partial charge in [0.25, 0.3) is 5.91 Å². The predicted octanol–water partition coefficient (Wildman–Crippen LogP) is 3.11. The summed E-state index contributed by atoms with van der Waals surface area (Å²) < 4.78 is 0. The van der Waals surface area contributed by atoms with Crippen molar-refractivity contribution in [1.82, 2.24) is 10.6 Å². The Kier molecular flexibility index (Phi) is 7.26. The highest BCUT2D eigenvalue weighted by Gasteiger charge is 2.24. The molecule has 0 radical (unpaired) electrons. The fourth-order valence-electron chi connectivity index (χ4n) is 3.66. The molecule has 1 heterocycles. The van der Waals surface area contributed by atoms with Crippen molar-refractivity contribution in [1.29, 1.82) is 0 Å². The van der Waals surface area contributed by atoms with Crippen LogP contribution in [0.3, 0.4) is 0 Å². The van der Waals surface area contributed by atoms with E-state index in [0.29, 0.717) is 17.6 Å². The molecule has 6 heteroatoms. The van der Waals surface area contributed by atoms with Gasteiger partial charge in [0.1, 0.15) is 0 Å². The molecule has 0 spiro atoms. The summed E-state index contributed by atoms with van der Waals surface area (Å²) in [5.74, 6) is 0.116. The van der Waals surface area contributed by atoms with Crippen LogP contribution in [0.15, 0.2) is 24.3 Å². The lowest BCUT2D eigenvalue weighted by Crippen LogP contribution is -2.40. The Morgan fingerprint density at radius 1 is 1.08 bits per heavy atom. The molecule has 0 unspecified atom stereocenters. The first-order valence-corrected chi connectivity index (χ1v) is 9.07. The first-order chi connectivity index (χ1) is 11.6. The summed E-state index contributed by atoms with van der Waals surface area (Å²) in [5.41, 5.74) is 1.40. The Morgan fingerprint density at radius 2 is 1.76 bits per heavy atom. The van der Waals surface area contributed by atoms with Gasteiger partial charge < -0.3 is 16.0 Å². The highest BCUT2D eigenvalue weighted by atomic mass is 35.5. The van der Waals surface area contributed by atoms with E-state index in [1.807, 2.05) is 12.1 Å². The highest BCUT2D eigenvalue weighted by molar-refractivity contribution is 5.96. The predicted molar refractivity (Wildman–Crippen MR) is 102 cm³/mol. The number of hydrogen-bond acceptors (Lipinski definition) is 3. The summed E-state index contributed by atoms with van der Waals surface area (Å²) >= 11 is 0. The number of carbonyl (C=O) groups is 2. The molecule has 1 saturated carbocycles. The molecule has 3 N–H and O–H groups in total. The van der Waals surface area contributed by atoms with Crippen LogP contribution in [0.1, 0.15) is 55.8 Å². The molecule has 5 nitrogen and oxygen atoms in total. The van der Waals surface area contributed by atoms with Gasteiger partial charge in [0.05, 0.1) is 0 Å². The van der Waals surface area contributed by atoms with Crippen LogP contribution < -0.4 is 16.0 Å². The quantitative estimate of drug-likeness (QED) is 0.767. The van der Waals surface area contributed by atoms with Gasteiger partial charge in [-0.3, -0.25) is 9.59 Å². The summed E-state index contributed by atoms with van der Waals surface area (Å²) in [7, 11) is 0. The number of carbonyl (C=O) groups excluding carboxylic acids is 2. The summed E-state index contributed by atoms with van der Waals surface area (Å²) in [5, 5.41) is 9.41. The van der Waals surface area contributed by atoms with E-state index >= 15 is 0 Å². The van der Waals surface area contributed by atoms with Crippen molar-refractivity contribution in [2.24, 2.45) is 5.92 Å². The lowest BCUT2D eigenvalue weighted by molar-refractivity contribution is -0.120. The van der Waals surface area contributed by atoms with E-state index in [1.54, 1.807) is 12.1 Å². The van der Waals surface area contributed by atoms with E-state index in [2.05, 4.69) is 22.9 Å². The van der Waals surface area contributed by atoms with Gasteiger partial charge >= 0.3 is 0 Å². The number of piperidine rings is 1. The number of halogens is 1. The Morgan fingerprint density at radius 3 is 2.40 bits per heavy atom. The van der Waals surface area contributed by atoms with Gasteiger partial charge in [-0.25, -0.2) is 0 Å². The topological polar surface area (TPSA) is 70.2 Å². The maximum Gasteiger partial charge on any atom is 0.251 e. The monoisotopic (exact) mass is 365 g/mol. The average molecular weight is 366 g/mol. The molecule has 1 aliphatic heterocycles. The van der Waals surface area contributed by atoms with E-state index < -0.39 is 0 Å². The molecule has 2 fully saturated rings. The number of anilines is 1. The van der Waals surface area contributed by atoms with Gasteiger partial charge in [0.2, 0.25) is 5.91 Å². The summed E-state index contributed by atoms with van der Waals surface area (Å²) in [6, 6.07) is 7.89. The van der Waals surface area contributed by atoms with Crippen LogP contribution >= 0.6 is 12.4 Å². The van der Waals surface area contributed by atoms with Crippen LogP contribution in [0.4, 0.5) is 5.69 Å². The molecule has 0 bridgehead atoms. The number of rotatable bonds is 4. The van der Waals surface area contributed by atoms with Crippen molar-refractivity contribution < 1.29 is 9.59 Å². The first kappa shape index (κ1) is 19.7. The molecule has 2 amide bonds. The standard InChI is InChI=1S/C19H27N3O2.ClH/c1-13-12-15(10-11-20-13)19(24)22-17-8-6-14(7-9-17)18(23)21-16-4-2-3-5-16;/h6-9,13,15-16,20H,2-5,10-12H2,1H3,(H,21,23)(H,22,24);1H/t13-,15-;/m0./s1. The molecule has 0 aromatic heterocycles. The third kappa shape index (κ3) is 5.44. The minimum atomic E-state index is -0.0213. The van der Waals surface area contributed by atoms with Crippen LogP contribution in [-0.2, 0) is 4.79 Å². The average Bonchev–Trinajstić information content (AvgIpc) is 3.08. The van der Waals surface area contributed by atoms with Crippen molar-refractivity contribution in [3.05, 3.63) is 29.8 Å². The van der Waals surface area contributed by atoms with Gasteiger partial charge in [0.15, 0.2) is 0 Å². The van der Waals surface area contributed by atoms with Crippen LogP contribution in [0.2, 0.25) is 0 Å². The maximum absolute atomic E-state index is 12.3. The Hall–Kier alpha value is -1.59. The normalized spacial score (nSPS) is 23.6. The molecule has 138 valence electrons. The van der Waals surface area contributed by atoms with E-state index in [-0.39, 0.29) is 30.1 Å². The van der Waals surface area contributed by atoms with Crippen molar-refractivity contribution in [3.8, 4) is 0 Å². The third-order valence-electron chi connectivity index (χ3n) is 5.10. The molecule has 25 heavy (non-hydrogen) atoms. The van der Waals surface area contributed by atoms with E-state index in [0.717, 1.165) is 37.9 Å². The van der Waals surface area contributed by atoms with Crippen LogP contribution in [0.5, 0.6) is 0 Å². The van der Waals surface area contributed by atoms with E-state index in [1.165, 1.54) is 12.8 Å². The van der Waals surface area contributed by atoms with Gasteiger partial charge in [-0.1, -0.05) is 12.8 Å². The Labute approximate surface area is 155 Å². The SMILES string of the molecule is C[C@H]1C[C@@H](C(=O)Nc2ccc(C(=O)NC3CCCC3)cc2)CCN1.Cl. The molecule has 1 aliphatic carbocycles. The van der Waals surface area contributed by atoms with Gasteiger partial charge in [-0.15, -0.1) is 12.4 Å². The molecule has 1 aromatic rings. The summed E-state index contributed by atoms with van der Waals surface area (Å²) in [6.07, 6.45) is 6.30. The van der Waals surface area contributed by atoms with E-state index in [4.69, 9.17) is 0 Å². The molecule has 1 saturated heterocycles. The summed E-state index contributed by atoms with van der Waals surface area (Å²) in [4.78, 5) is 24.6. The lowest BCUT2D eigenvalue weighted by Gasteiger charge is -2.27. The second-order valence-electron chi connectivity index (χ2n) is 7.10. The molecule has 3 rings (SSSR count). The zero-order chi connectivity index (χ0) is 16.9. The number of amides is 2. The third-order valence-corrected chi connectivity index (χ3v) is 5.10. The molecule has 2 atom stereocenters. The van der Waals surface area contributed by atoms with Crippen LogP contribution in [0.25, 0.3) is 0 Å². The lowest BCUT2D eigenvalue weighted by atomic mass is 9.92. The zero-order valence-electron chi connectivity index (χ0n) is 14.7. The first-order valence-electron chi connectivity index (χ1n) is 9.07. The fourth-order valence-corrected chi connectivity index (χ4v) is 3.66. The maximum atomic E-state index is 12.3. The van der Waals surface area contributed by atoms with Crippen LogP contribution in [0, 0.1) is 5.92 Å². The minimum absolute atomic E-state index is 0. The second-order valence-corrected chi connectivity index (χ2v) is 7.10. The smallest absolute Gasteiger partial charge is 0.251 e. The van der Waals surface area contributed by atoms with Gasteiger partial charge in [0, 0.05) is 29.3 Å². The van der Waals surface area contributed by atoms with Crippen molar-refractivity contribution in [2.45, 2.75) is 57.5 Å². The minimum Gasteiger partial charge on any atom is -0.349 e. The van der Waals surface area contributed by atoms with E-state index in [9.17, 15) is 9.59 Å². The Balaban J connectivity index is 0.00000225. The fraction of sp³-hybridized carbons (Fsp3) is 0.579. The Bertz CT molecular complexity index is 585. The van der Waals surface area contributed by atoms with Crippen molar-refractivity contribution in [2.75, 3.05) is 11.9 Å². The highest BCUT2D eigenvalue weighted by Crippen LogP contribution is 2.20. The second kappa shape index (κ2) is 9.20. The van der Waals surface area contributed by atoms with Crippen molar-refractivity contribution in [3.63, 3.8) is 0 Å². The van der Waals surface area contributed by atoms with Crippen LogP contribution in [-0.4, -0.2) is 30.4 Å². The number of benzene rings is 1. The van der Waals surface area contributed by atoms with Gasteiger partial charge in [-0.2, -0.15) is 0 Å². The number of hydrogen-bond donors (Lipinski definition) is 3. The van der Waals surface area contributed by atoms with Gasteiger partial charge in [-0.05, 0) is 63.4 Å².